The Morgan fingerprint density at radius 3 is 1.48 bits per heavy atom. The molecule has 4 aromatic carbocycles. The molecule has 4 bridgehead atoms. The third-order valence-corrected chi connectivity index (χ3v) is 15.0. The van der Waals surface area contributed by atoms with Crippen LogP contribution < -0.4 is 18.9 Å². The Hall–Kier alpha value is -6.62. The fraction of sp³-hybridized carbons (Fsp3) is 0.321. The molecule has 6 aliphatic heterocycles. The summed E-state index contributed by atoms with van der Waals surface area (Å²) in [5.74, 6) is 4.84. The zero-order valence-corrected chi connectivity index (χ0v) is 37.7. The zero-order chi connectivity index (χ0) is 44.7. The van der Waals surface area contributed by atoms with Crippen LogP contribution >= 0.6 is 0 Å². The fourth-order valence-corrected chi connectivity index (χ4v) is 11.5. The molecule has 13 rings (SSSR count). The van der Waals surface area contributed by atoms with Crippen LogP contribution in [0.15, 0.2) is 147 Å². The Morgan fingerprint density at radius 1 is 0.591 bits per heavy atom. The van der Waals surface area contributed by atoms with Crippen LogP contribution in [0.1, 0.15) is 49.0 Å². The van der Waals surface area contributed by atoms with Gasteiger partial charge < -0.3 is 18.9 Å². The highest BCUT2D eigenvalue weighted by molar-refractivity contribution is 5.85. The van der Waals surface area contributed by atoms with Crippen molar-refractivity contribution in [3.8, 4) is 45.8 Å². The Kier molecular flexibility index (Phi) is 11.5. The highest BCUT2D eigenvalue weighted by atomic mass is 16.5. The summed E-state index contributed by atoms with van der Waals surface area (Å²) in [5.41, 5.74) is 6.29. The molecule has 9 heterocycles. The SMILES string of the molecule is C=C[C@H]1CN2CC[C@H]1C[C@@H]2[C@@H](Oc1nc(-c2ccccc2)nc(O[C@@H](c2ccnc3ccc(OC)cc23)[C@H]2C[C@@H]3CCN2C[C@@H]3C=C)c1-c1ccccc1)c1ccnc2ccc(OC)cc12. The quantitative estimate of drug-likeness (QED) is 0.0983. The molecule has 0 spiro atoms. The van der Waals surface area contributed by atoms with Gasteiger partial charge in [-0.25, -0.2) is 0 Å². The van der Waals surface area contributed by atoms with Crippen molar-refractivity contribution in [2.75, 3.05) is 40.4 Å². The Morgan fingerprint density at radius 2 is 1.06 bits per heavy atom. The molecule has 66 heavy (non-hydrogen) atoms. The number of methoxy groups -OCH3 is 2. The number of ether oxygens (including phenoxy) is 4. The Balaban J connectivity index is 1.13. The summed E-state index contributed by atoms with van der Waals surface area (Å²) < 4.78 is 27.1. The smallest absolute Gasteiger partial charge is 0.229 e. The van der Waals surface area contributed by atoms with Crippen LogP contribution in [0.25, 0.3) is 44.3 Å². The first-order valence-electron chi connectivity index (χ1n) is 23.4. The third kappa shape index (κ3) is 7.75. The van der Waals surface area contributed by atoms with E-state index in [1.165, 1.54) is 0 Å². The van der Waals surface area contributed by atoms with Crippen molar-refractivity contribution in [1.29, 1.82) is 0 Å². The van der Waals surface area contributed by atoms with Gasteiger partial charge in [0.2, 0.25) is 11.8 Å². The summed E-state index contributed by atoms with van der Waals surface area (Å²) in [7, 11) is 3.41. The summed E-state index contributed by atoms with van der Waals surface area (Å²) in [6.07, 6.45) is 11.4. The highest BCUT2D eigenvalue weighted by Crippen LogP contribution is 2.49. The minimum atomic E-state index is -0.437. The topological polar surface area (TPSA) is 95.0 Å². The lowest BCUT2D eigenvalue weighted by Gasteiger charge is -2.51. The first-order valence-corrected chi connectivity index (χ1v) is 23.4. The number of pyridine rings is 2. The number of fused-ring (bicyclic) bond motifs is 8. The molecule has 6 saturated heterocycles. The molecule has 6 fully saturated rings. The second-order valence-corrected chi connectivity index (χ2v) is 18.4. The molecule has 0 amide bonds. The van der Waals surface area contributed by atoms with Gasteiger partial charge in [0, 0.05) is 52.9 Å². The lowest BCUT2D eigenvalue weighted by Crippen LogP contribution is -2.55. The Labute approximate surface area is 387 Å². The predicted octanol–water partition coefficient (Wildman–Crippen LogP) is 11.0. The monoisotopic (exact) mass is 876 g/mol. The van der Waals surface area contributed by atoms with Crippen LogP contribution in [0.4, 0.5) is 0 Å². The van der Waals surface area contributed by atoms with Crippen LogP contribution in [0.3, 0.4) is 0 Å². The summed E-state index contributed by atoms with van der Waals surface area (Å²) >= 11 is 0. The van der Waals surface area contributed by atoms with E-state index >= 15 is 0 Å². The first-order chi connectivity index (χ1) is 32.5. The molecular weight excluding hydrogens is 821 g/mol. The van der Waals surface area contributed by atoms with Crippen LogP contribution in [0.2, 0.25) is 0 Å². The van der Waals surface area contributed by atoms with Crippen molar-refractivity contribution in [3.63, 3.8) is 0 Å². The van der Waals surface area contributed by atoms with Gasteiger partial charge >= 0.3 is 0 Å². The van der Waals surface area contributed by atoms with E-state index in [0.717, 1.165) is 107 Å². The molecular formula is C56H56N6O4. The fourth-order valence-electron chi connectivity index (χ4n) is 11.5. The molecule has 0 N–H and O–H groups in total. The van der Waals surface area contributed by atoms with Crippen LogP contribution in [0, 0.1) is 23.7 Å². The summed E-state index contributed by atoms with van der Waals surface area (Å²) in [5, 5.41) is 1.97. The van der Waals surface area contributed by atoms with Crippen molar-refractivity contribution in [1.82, 2.24) is 29.7 Å². The van der Waals surface area contributed by atoms with Crippen LogP contribution in [-0.2, 0) is 0 Å². The summed E-state index contributed by atoms with van der Waals surface area (Å²) in [6, 6.07) is 37.0. The minimum Gasteiger partial charge on any atom is -0.497 e. The molecule has 334 valence electrons. The average molecular weight is 877 g/mol. The number of aromatic nitrogens is 4. The lowest BCUT2D eigenvalue weighted by molar-refractivity contribution is -0.0388. The van der Waals surface area contributed by atoms with Gasteiger partial charge in [0.05, 0.1) is 37.3 Å². The number of rotatable bonds is 14. The lowest BCUT2D eigenvalue weighted by atomic mass is 9.73. The maximum absolute atomic E-state index is 7.73. The maximum atomic E-state index is 7.73. The molecule has 7 aromatic rings. The second kappa shape index (κ2) is 18.0. The van der Waals surface area contributed by atoms with Crippen molar-refractivity contribution in [2.45, 2.75) is 50.0 Å². The van der Waals surface area contributed by atoms with Gasteiger partial charge in [0.15, 0.2) is 5.82 Å². The van der Waals surface area contributed by atoms with E-state index < -0.39 is 12.2 Å². The molecule has 0 radical (unpaired) electrons. The van der Waals surface area contributed by atoms with Gasteiger partial charge in [-0.15, -0.1) is 13.2 Å². The average Bonchev–Trinajstić information content (AvgIpc) is 3.39. The first kappa shape index (κ1) is 42.0. The standard InChI is InChI=1S/C56H56N6O4/c1-5-35-33-61-27-23-39(35)29-49(61)52(43-21-25-57-47-19-17-41(63-3)31-45(43)47)65-55-51(37-13-9-7-10-14-37)56(60-54(59-55)38-15-11-8-12-16-38)66-53(50-30-40-24-28-62(50)34-36(40)6-2)44-22-26-58-48-20-18-42(64-4)32-46(44)48/h5-22,25-26,31-32,35-36,39-40,49-50,52-53H,1-2,23-24,27-30,33-34H2,3-4H3/t35-,36-,39-,40-,49+,50+,52-,53-/m0/s1. The van der Waals surface area contributed by atoms with Crippen LogP contribution in [-0.4, -0.2) is 82.2 Å². The van der Waals surface area contributed by atoms with Crippen LogP contribution in [0.5, 0.6) is 23.3 Å². The van der Waals surface area contributed by atoms with Gasteiger partial charge in [0.1, 0.15) is 29.3 Å². The number of benzene rings is 4. The molecule has 2 unspecified atom stereocenters. The minimum absolute atomic E-state index is 0.0502. The van der Waals surface area contributed by atoms with E-state index in [2.05, 4.69) is 83.6 Å². The van der Waals surface area contributed by atoms with Crippen molar-refractivity contribution in [2.24, 2.45) is 23.7 Å². The third-order valence-electron chi connectivity index (χ3n) is 15.0. The normalized spacial score (nSPS) is 25.2. The molecule has 0 aliphatic carbocycles. The van der Waals surface area contributed by atoms with E-state index in [-0.39, 0.29) is 12.1 Å². The van der Waals surface area contributed by atoms with Crippen molar-refractivity contribution >= 4 is 21.8 Å². The van der Waals surface area contributed by atoms with Gasteiger partial charge in [-0.3, -0.25) is 19.8 Å². The molecule has 10 atom stereocenters. The number of hydrogen-bond acceptors (Lipinski definition) is 10. The van der Waals surface area contributed by atoms with E-state index in [4.69, 9.17) is 38.9 Å². The summed E-state index contributed by atoms with van der Waals surface area (Å²) in [6.45, 7) is 12.3. The van der Waals surface area contributed by atoms with Gasteiger partial charge in [0.25, 0.3) is 0 Å². The van der Waals surface area contributed by atoms with Gasteiger partial charge in [-0.05, 0) is 117 Å². The van der Waals surface area contributed by atoms with E-state index in [0.29, 0.717) is 46.8 Å². The predicted molar refractivity (Wildman–Crippen MR) is 260 cm³/mol. The molecule has 0 saturated carbocycles. The largest absolute Gasteiger partial charge is 0.497 e. The maximum Gasteiger partial charge on any atom is 0.229 e. The highest BCUT2D eigenvalue weighted by Gasteiger charge is 2.46. The van der Waals surface area contributed by atoms with E-state index in [9.17, 15) is 0 Å². The van der Waals surface area contributed by atoms with Crippen molar-refractivity contribution in [3.05, 3.63) is 158 Å². The molecule has 3 aromatic heterocycles. The van der Waals surface area contributed by atoms with Gasteiger partial charge in [-0.2, -0.15) is 9.97 Å². The molecule has 10 nitrogen and oxygen atoms in total. The van der Waals surface area contributed by atoms with E-state index in [1.54, 1.807) is 14.2 Å². The number of piperidine rings is 6. The molecule has 10 heteroatoms. The van der Waals surface area contributed by atoms with E-state index in [1.807, 2.05) is 73.1 Å². The summed E-state index contributed by atoms with van der Waals surface area (Å²) in [4.78, 5) is 25.7. The Bertz CT molecular complexity index is 2740. The number of hydrogen-bond donors (Lipinski definition) is 0. The number of nitrogens with zero attached hydrogens (tertiary/aromatic N) is 6. The zero-order valence-electron chi connectivity index (χ0n) is 37.7. The van der Waals surface area contributed by atoms with Crippen molar-refractivity contribution < 1.29 is 18.9 Å². The second-order valence-electron chi connectivity index (χ2n) is 18.4. The molecule has 6 aliphatic rings. The van der Waals surface area contributed by atoms with Gasteiger partial charge in [-0.1, -0.05) is 72.8 Å².